The Bertz CT molecular complexity index is 1080. The minimum Gasteiger partial charge on any atom is -0.347 e. The third kappa shape index (κ3) is 3.85. The van der Waals surface area contributed by atoms with Gasteiger partial charge in [0.1, 0.15) is 5.69 Å². The van der Waals surface area contributed by atoms with Crippen molar-refractivity contribution in [2.24, 2.45) is 0 Å². The molecule has 8 nitrogen and oxygen atoms in total. The van der Waals surface area contributed by atoms with Gasteiger partial charge in [0.25, 0.3) is 18.3 Å². The first-order valence-electron chi connectivity index (χ1n) is 9.58. The molecule has 156 valence electrons. The zero-order chi connectivity index (χ0) is 21.3. The second-order valence-electron chi connectivity index (χ2n) is 7.16. The summed E-state index contributed by atoms with van der Waals surface area (Å²) in [5, 5.41) is 7.17. The number of hydrogen-bond acceptors (Lipinski definition) is 5. The standard InChI is InChI=1S/C20H20F2N6O2/c1-12(29)27-8-4-5-14(11-27)25-19(30)13-9-23-20(24-10-13)28-16-7-3-2-6-15(16)17(26-28)18(21)22/h2-3,6-7,9-10,14,18H,4-5,8,11H2,1H3,(H,25,30)/t14-/m1/s1. The number of alkyl halides is 2. The predicted molar refractivity (Wildman–Crippen MR) is 104 cm³/mol. The van der Waals surface area contributed by atoms with E-state index in [0.717, 1.165) is 12.8 Å². The number of nitrogens with zero attached hydrogens (tertiary/aromatic N) is 5. The number of halogens is 2. The van der Waals surface area contributed by atoms with Gasteiger partial charge in [0, 0.05) is 43.8 Å². The topological polar surface area (TPSA) is 93.0 Å². The molecule has 0 radical (unpaired) electrons. The Balaban J connectivity index is 1.53. The number of likely N-dealkylation sites (tertiary alicyclic amines) is 1. The summed E-state index contributed by atoms with van der Waals surface area (Å²) < 4.78 is 27.8. The van der Waals surface area contributed by atoms with Crippen molar-refractivity contribution in [3.8, 4) is 5.95 Å². The van der Waals surface area contributed by atoms with Crippen molar-refractivity contribution in [3.63, 3.8) is 0 Å². The maximum atomic E-state index is 13.3. The molecule has 1 saturated heterocycles. The predicted octanol–water partition coefficient (Wildman–Crippen LogP) is 2.49. The van der Waals surface area contributed by atoms with Crippen LogP contribution in [0.5, 0.6) is 0 Å². The van der Waals surface area contributed by atoms with Gasteiger partial charge in [-0.1, -0.05) is 18.2 Å². The molecule has 0 aliphatic carbocycles. The van der Waals surface area contributed by atoms with Crippen LogP contribution in [0, 0.1) is 0 Å². The highest BCUT2D eigenvalue weighted by Crippen LogP contribution is 2.27. The molecule has 1 aliphatic rings. The molecule has 1 aliphatic heterocycles. The number of fused-ring (bicyclic) bond motifs is 1. The van der Waals surface area contributed by atoms with Crippen LogP contribution in [0.2, 0.25) is 0 Å². The number of carbonyl (C=O) groups is 2. The molecule has 3 aromatic rings. The van der Waals surface area contributed by atoms with Crippen molar-refractivity contribution in [1.82, 2.24) is 30.0 Å². The van der Waals surface area contributed by atoms with E-state index in [9.17, 15) is 18.4 Å². The first-order valence-corrected chi connectivity index (χ1v) is 9.58. The Morgan fingerprint density at radius 1 is 1.20 bits per heavy atom. The van der Waals surface area contributed by atoms with Crippen LogP contribution in [-0.2, 0) is 4.79 Å². The van der Waals surface area contributed by atoms with Crippen molar-refractivity contribution in [2.45, 2.75) is 32.2 Å². The second-order valence-corrected chi connectivity index (χ2v) is 7.16. The van der Waals surface area contributed by atoms with Crippen molar-refractivity contribution < 1.29 is 18.4 Å². The van der Waals surface area contributed by atoms with E-state index in [1.165, 1.54) is 24.0 Å². The molecule has 1 atom stereocenters. The summed E-state index contributed by atoms with van der Waals surface area (Å²) in [5.41, 5.74) is 0.351. The monoisotopic (exact) mass is 414 g/mol. The summed E-state index contributed by atoms with van der Waals surface area (Å²) in [6, 6.07) is 6.45. The number of nitrogens with one attached hydrogen (secondary N) is 1. The molecule has 0 saturated carbocycles. The summed E-state index contributed by atoms with van der Waals surface area (Å²) in [6.07, 6.45) is 1.54. The SMILES string of the molecule is CC(=O)N1CCC[C@@H](NC(=O)c2cnc(-n3nc(C(F)F)c4ccccc43)nc2)C1. The van der Waals surface area contributed by atoms with Gasteiger partial charge in [-0.2, -0.15) is 9.78 Å². The number of hydrogen-bond donors (Lipinski definition) is 1. The average molecular weight is 414 g/mol. The van der Waals surface area contributed by atoms with Gasteiger partial charge in [0.15, 0.2) is 0 Å². The van der Waals surface area contributed by atoms with E-state index in [-0.39, 0.29) is 35.1 Å². The smallest absolute Gasteiger partial charge is 0.282 e. The van der Waals surface area contributed by atoms with Gasteiger partial charge in [-0.3, -0.25) is 9.59 Å². The van der Waals surface area contributed by atoms with Crippen LogP contribution < -0.4 is 5.32 Å². The molecule has 3 heterocycles. The van der Waals surface area contributed by atoms with Crippen LogP contribution in [0.4, 0.5) is 8.78 Å². The van der Waals surface area contributed by atoms with Crippen molar-refractivity contribution in [1.29, 1.82) is 0 Å². The van der Waals surface area contributed by atoms with Crippen LogP contribution in [0.3, 0.4) is 0 Å². The van der Waals surface area contributed by atoms with Crippen LogP contribution >= 0.6 is 0 Å². The molecule has 2 amide bonds. The third-order valence-corrected chi connectivity index (χ3v) is 5.11. The summed E-state index contributed by atoms with van der Waals surface area (Å²) in [6.45, 7) is 2.67. The van der Waals surface area contributed by atoms with Gasteiger partial charge in [-0.05, 0) is 18.9 Å². The molecule has 1 fully saturated rings. The van der Waals surface area contributed by atoms with Crippen LogP contribution in [-0.4, -0.2) is 55.6 Å². The van der Waals surface area contributed by atoms with E-state index in [0.29, 0.717) is 24.0 Å². The van der Waals surface area contributed by atoms with Crippen LogP contribution in [0.15, 0.2) is 36.7 Å². The highest BCUT2D eigenvalue weighted by molar-refractivity contribution is 5.94. The zero-order valence-electron chi connectivity index (χ0n) is 16.3. The third-order valence-electron chi connectivity index (χ3n) is 5.11. The normalized spacial score (nSPS) is 16.8. The Kier molecular flexibility index (Phi) is 5.39. The van der Waals surface area contributed by atoms with Gasteiger partial charge >= 0.3 is 0 Å². The molecule has 0 spiro atoms. The molecular formula is C20H20F2N6O2. The maximum absolute atomic E-state index is 13.3. The maximum Gasteiger partial charge on any atom is 0.282 e. The largest absolute Gasteiger partial charge is 0.347 e. The molecule has 1 N–H and O–H groups in total. The fourth-order valence-electron chi connectivity index (χ4n) is 3.60. The first-order chi connectivity index (χ1) is 14.4. The van der Waals surface area contributed by atoms with Crippen molar-refractivity contribution >= 4 is 22.7 Å². The van der Waals surface area contributed by atoms with E-state index in [1.54, 1.807) is 29.2 Å². The van der Waals surface area contributed by atoms with Gasteiger partial charge in [-0.15, -0.1) is 0 Å². The lowest BCUT2D eigenvalue weighted by Gasteiger charge is -2.32. The lowest BCUT2D eigenvalue weighted by molar-refractivity contribution is -0.130. The first kappa shape index (κ1) is 19.9. The number of aromatic nitrogens is 4. The molecule has 2 aromatic heterocycles. The number of carbonyl (C=O) groups excluding carboxylic acids is 2. The zero-order valence-corrected chi connectivity index (χ0v) is 16.3. The molecule has 1 aromatic carbocycles. The van der Waals surface area contributed by atoms with E-state index >= 15 is 0 Å². The molecule has 0 bridgehead atoms. The van der Waals surface area contributed by atoms with Gasteiger partial charge in [0.05, 0.1) is 11.1 Å². The number of para-hydroxylation sites is 1. The fraction of sp³-hybridized carbons (Fsp3) is 0.350. The highest BCUT2D eigenvalue weighted by atomic mass is 19.3. The highest BCUT2D eigenvalue weighted by Gasteiger charge is 2.24. The second kappa shape index (κ2) is 8.13. The summed E-state index contributed by atoms with van der Waals surface area (Å²) in [4.78, 5) is 34.1. The van der Waals surface area contributed by atoms with Crippen molar-refractivity contribution in [3.05, 3.63) is 47.9 Å². The Labute approximate surface area is 170 Å². The molecule has 10 heteroatoms. The van der Waals surface area contributed by atoms with Gasteiger partial charge < -0.3 is 10.2 Å². The van der Waals surface area contributed by atoms with Crippen LogP contribution in [0.1, 0.15) is 42.2 Å². The summed E-state index contributed by atoms with van der Waals surface area (Å²) in [5.74, 6) is -0.276. The van der Waals surface area contributed by atoms with Crippen molar-refractivity contribution in [2.75, 3.05) is 13.1 Å². The van der Waals surface area contributed by atoms with Gasteiger partial charge in [-0.25, -0.2) is 18.7 Å². The Hall–Kier alpha value is -3.43. The molecule has 0 unspecified atom stereocenters. The Morgan fingerprint density at radius 2 is 1.93 bits per heavy atom. The summed E-state index contributed by atoms with van der Waals surface area (Å²) >= 11 is 0. The number of amides is 2. The van der Waals surface area contributed by atoms with Crippen LogP contribution in [0.25, 0.3) is 16.9 Å². The van der Waals surface area contributed by atoms with E-state index < -0.39 is 6.43 Å². The number of piperidine rings is 1. The lowest BCUT2D eigenvalue weighted by Crippen LogP contribution is -2.49. The lowest BCUT2D eigenvalue weighted by atomic mass is 10.1. The molecule has 30 heavy (non-hydrogen) atoms. The minimum atomic E-state index is -2.73. The minimum absolute atomic E-state index is 0.0174. The average Bonchev–Trinajstić information content (AvgIpc) is 3.14. The fourth-order valence-corrected chi connectivity index (χ4v) is 3.60. The molecule has 4 rings (SSSR count). The quantitative estimate of drug-likeness (QED) is 0.708. The molecular weight excluding hydrogens is 394 g/mol. The van der Waals surface area contributed by atoms with E-state index in [2.05, 4.69) is 20.4 Å². The summed E-state index contributed by atoms with van der Waals surface area (Å²) in [7, 11) is 0. The van der Waals surface area contributed by atoms with Gasteiger partial charge in [0.2, 0.25) is 5.91 Å². The number of rotatable bonds is 4. The van der Waals surface area contributed by atoms with E-state index in [1.807, 2.05) is 0 Å². The number of benzene rings is 1. The Morgan fingerprint density at radius 3 is 2.63 bits per heavy atom. The van der Waals surface area contributed by atoms with E-state index in [4.69, 9.17) is 0 Å².